The summed E-state index contributed by atoms with van der Waals surface area (Å²) in [4.78, 5) is 0. The molecule has 0 aliphatic rings. The van der Waals surface area contributed by atoms with Crippen molar-refractivity contribution in [2.45, 2.75) is 13.3 Å². The molecule has 0 aliphatic carbocycles. The van der Waals surface area contributed by atoms with E-state index in [-0.39, 0.29) is 0 Å². The van der Waals surface area contributed by atoms with Gasteiger partial charge in [-0.05, 0) is 24.0 Å². The first-order valence-corrected chi connectivity index (χ1v) is 6.11. The van der Waals surface area contributed by atoms with Crippen LogP contribution in [0.15, 0.2) is 66.5 Å². The molecular formula is C14H17P. The Bertz CT molecular complexity index is 347. The molecule has 1 unspecified atom stereocenters. The zero-order valence-corrected chi connectivity index (χ0v) is 10.1. The first kappa shape index (κ1) is 11.9. The topological polar surface area (TPSA) is 0 Å². The summed E-state index contributed by atoms with van der Waals surface area (Å²) < 4.78 is 0. The Balaban J connectivity index is 2.67. The summed E-state index contributed by atoms with van der Waals surface area (Å²) in [6.07, 6.45) is 9.29. The van der Waals surface area contributed by atoms with Crippen LogP contribution < -0.4 is 5.30 Å². The number of hydrogen-bond acceptors (Lipinski definition) is 0. The molecule has 1 aromatic rings. The van der Waals surface area contributed by atoms with Crippen molar-refractivity contribution in [1.82, 2.24) is 0 Å². The van der Waals surface area contributed by atoms with Gasteiger partial charge in [-0.1, -0.05) is 69.8 Å². The molecule has 0 N–H and O–H groups in total. The molecule has 1 heteroatoms. The largest absolute Gasteiger partial charge is 0.0991 e. The summed E-state index contributed by atoms with van der Waals surface area (Å²) in [5.74, 6) is 0. The molecule has 78 valence electrons. The summed E-state index contributed by atoms with van der Waals surface area (Å²) in [7, 11) is 0.751. The smallest absolute Gasteiger partial charge is 0.00924 e. The van der Waals surface area contributed by atoms with Gasteiger partial charge in [0.2, 0.25) is 0 Å². The van der Waals surface area contributed by atoms with Crippen molar-refractivity contribution in [1.29, 1.82) is 0 Å². The lowest BCUT2D eigenvalue weighted by atomic mass is 10.3. The molecule has 0 saturated heterocycles. The van der Waals surface area contributed by atoms with E-state index >= 15 is 0 Å². The van der Waals surface area contributed by atoms with Gasteiger partial charge in [-0.15, -0.1) is 0 Å². The normalized spacial score (nSPS) is 12.7. The second kappa shape index (κ2) is 7.20. The summed E-state index contributed by atoms with van der Waals surface area (Å²) in [6.45, 7) is 5.81. The molecule has 1 aromatic carbocycles. The van der Waals surface area contributed by atoms with Crippen molar-refractivity contribution in [3.8, 4) is 0 Å². The van der Waals surface area contributed by atoms with E-state index in [9.17, 15) is 0 Å². The zero-order chi connectivity index (χ0) is 10.9. The summed E-state index contributed by atoms with van der Waals surface area (Å²) in [5.41, 5.74) is 0. The highest BCUT2D eigenvalue weighted by atomic mass is 31.1. The van der Waals surface area contributed by atoms with E-state index < -0.39 is 0 Å². The molecule has 0 heterocycles. The van der Waals surface area contributed by atoms with Gasteiger partial charge in [0, 0.05) is 0 Å². The predicted octanol–water partition coefficient (Wildman–Crippen LogP) is 4.03. The number of benzene rings is 1. The van der Waals surface area contributed by atoms with Crippen LogP contribution >= 0.6 is 8.58 Å². The first-order valence-electron chi connectivity index (χ1n) is 5.11. The van der Waals surface area contributed by atoms with Crippen molar-refractivity contribution in [3.63, 3.8) is 0 Å². The lowest BCUT2D eigenvalue weighted by molar-refractivity contribution is 1.34. The summed E-state index contributed by atoms with van der Waals surface area (Å²) in [5, 5.41) is 2.81. The molecule has 15 heavy (non-hydrogen) atoms. The van der Waals surface area contributed by atoms with Crippen LogP contribution in [-0.4, -0.2) is 0 Å². The van der Waals surface area contributed by atoms with E-state index in [1.165, 1.54) is 10.6 Å². The number of rotatable bonds is 5. The van der Waals surface area contributed by atoms with E-state index in [2.05, 4.69) is 62.1 Å². The molecule has 0 spiro atoms. The molecule has 1 atom stereocenters. The predicted molar refractivity (Wildman–Crippen MR) is 72.1 cm³/mol. The minimum atomic E-state index is 0.751. The van der Waals surface area contributed by atoms with E-state index in [4.69, 9.17) is 0 Å². The monoisotopic (exact) mass is 216 g/mol. The van der Waals surface area contributed by atoms with Gasteiger partial charge in [-0.3, -0.25) is 0 Å². The molecule has 0 amide bonds. The SMILES string of the molecule is C=C/C=C(\C/C=C\C)Pc1ccccc1. The first-order chi connectivity index (χ1) is 7.36. The number of allylic oxidation sites excluding steroid dienone is 5. The Labute approximate surface area is 94.2 Å². The van der Waals surface area contributed by atoms with E-state index in [0.717, 1.165) is 15.0 Å². The van der Waals surface area contributed by atoms with Crippen molar-refractivity contribution < 1.29 is 0 Å². The fourth-order valence-electron chi connectivity index (χ4n) is 1.25. The zero-order valence-electron chi connectivity index (χ0n) is 9.11. The average Bonchev–Trinajstić information content (AvgIpc) is 2.28. The lowest BCUT2D eigenvalue weighted by Crippen LogP contribution is -1.91. The second-order valence-corrected chi connectivity index (χ2v) is 4.66. The van der Waals surface area contributed by atoms with Crippen LogP contribution in [-0.2, 0) is 0 Å². The highest BCUT2D eigenvalue weighted by Gasteiger charge is 1.96. The van der Waals surface area contributed by atoms with Gasteiger partial charge in [0.05, 0.1) is 0 Å². The quantitative estimate of drug-likeness (QED) is 0.396. The second-order valence-electron chi connectivity index (χ2n) is 3.19. The molecule has 1 rings (SSSR count). The van der Waals surface area contributed by atoms with Crippen molar-refractivity contribution in [2.75, 3.05) is 0 Å². The van der Waals surface area contributed by atoms with Gasteiger partial charge in [0.1, 0.15) is 0 Å². The van der Waals surface area contributed by atoms with E-state index in [1.54, 1.807) is 0 Å². The maximum atomic E-state index is 3.75. The molecular weight excluding hydrogens is 199 g/mol. The Morgan fingerprint density at radius 1 is 1.33 bits per heavy atom. The van der Waals surface area contributed by atoms with Crippen molar-refractivity contribution >= 4 is 13.9 Å². The van der Waals surface area contributed by atoms with Gasteiger partial charge in [0.15, 0.2) is 0 Å². The highest BCUT2D eigenvalue weighted by molar-refractivity contribution is 7.51. The Morgan fingerprint density at radius 2 is 2.07 bits per heavy atom. The maximum Gasteiger partial charge on any atom is -0.00924 e. The minimum Gasteiger partial charge on any atom is -0.0991 e. The minimum absolute atomic E-state index is 0.751. The van der Waals surface area contributed by atoms with Gasteiger partial charge < -0.3 is 0 Å². The molecule has 0 aliphatic heterocycles. The summed E-state index contributed by atoms with van der Waals surface area (Å²) >= 11 is 0. The molecule has 0 bridgehead atoms. The van der Waals surface area contributed by atoms with Gasteiger partial charge in [-0.25, -0.2) is 0 Å². The van der Waals surface area contributed by atoms with E-state index in [1.807, 2.05) is 6.08 Å². The van der Waals surface area contributed by atoms with Crippen LogP contribution in [0.2, 0.25) is 0 Å². The number of hydrogen-bond donors (Lipinski definition) is 0. The van der Waals surface area contributed by atoms with Crippen LogP contribution in [0.1, 0.15) is 13.3 Å². The van der Waals surface area contributed by atoms with Crippen LogP contribution in [0.3, 0.4) is 0 Å². The van der Waals surface area contributed by atoms with Crippen molar-refractivity contribution in [3.05, 3.63) is 66.5 Å². The third kappa shape index (κ3) is 4.76. The Kier molecular flexibility index (Phi) is 5.73. The average molecular weight is 216 g/mol. The summed E-state index contributed by atoms with van der Waals surface area (Å²) in [6, 6.07) is 10.6. The van der Waals surface area contributed by atoms with Gasteiger partial charge in [-0.2, -0.15) is 0 Å². The highest BCUT2D eigenvalue weighted by Crippen LogP contribution is 2.26. The Morgan fingerprint density at radius 3 is 2.67 bits per heavy atom. The molecule has 0 nitrogen and oxygen atoms in total. The van der Waals surface area contributed by atoms with Crippen LogP contribution in [0.4, 0.5) is 0 Å². The van der Waals surface area contributed by atoms with Crippen molar-refractivity contribution in [2.24, 2.45) is 0 Å². The molecule has 0 radical (unpaired) electrons. The van der Waals surface area contributed by atoms with Gasteiger partial charge in [0.25, 0.3) is 0 Å². The Hall–Kier alpha value is -1.13. The molecule has 0 aromatic heterocycles. The van der Waals surface area contributed by atoms with Crippen LogP contribution in [0, 0.1) is 0 Å². The fourth-order valence-corrected chi connectivity index (χ4v) is 2.41. The third-order valence-electron chi connectivity index (χ3n) is 1.97. The van der Waals surface area contributed by atoms with Crippen LogP contribution in [0.5, 0.6) is 0 Å². The third-order valence-corrected chi connectivity index (χ3v) is 3.29. The fraction of sp³-hybridized carbons (Fsp3) is 0.143. The molecule has 0 fully saturated rings. The lowest BCUT2D eigenvalue weighted by Gasteiger charge is -2.04. The molecule has 0 saturated carbocycles. The van der Waals surface area contributed by atoms with E-state index in [0.29, 0.717) is 0 Å². The standard InChI is InChI=1S/C14H17P/c1-3-5-10-13(9-4-2)15-14-11-7-6-8-12-14/h3-9,11-12,15H,2,10H2,1H3/b5-3-,13-9+. The maximum absolute atomic E-state index is 3.75. The van der Waals surface area contributed by atoms with Gasteiger partial charge >= 0.3 is 0 Å². The van der Waals surface area contributed by atoms with Crippen LogP contribution in [0.25, 0.3) is 0 Å².